The van der Waals surface area contributed by atoms with Crippen LogP contribution in [0.15, 0.2) is 24.3 Å². The van der Waals surface area contributed by atoms with Gasteiger partial charge >= 0.3 is 12.1 Å². The van der Waals surface area contributed by atoms with E-state index in [0.717, 1.165) is 0 Å². The van der Waals surface area contributed by atoms with Gasteiger partial charge in [-0.15, -0.1) is 0 Å². The van der Waals surface area contributed by atoms with Crippen molar-refractivity contribution in [3.8, 4) is 0 Å². The van der Waals surface area contributed by atoms with Gasteiger partial charge in [-0.25, -0.2) is 0 Å². The Kier molecular flexibility index (Phi) is 4.11. The first-order valence-electron chi connectivity index (χ1n) is 4.82. The number of rotatable bonds is 3. The second-order valence-corrected chi connectivity index (χ2v) is 3.53. The zero-order chi connectivity index (χ0) is 13.1. The smallest absolute Gasteiger partial charge is 0.393 e. The molecule has 3 nitrogen and oxygen atoms in total. The summed E-state index contributed by atoms with van der Waals surface area (Å²) in [6, 6.07) is 4.41. The van der Waals surface area contributed by atoms with E-state index in [9.17, 15) is 18.0 Å². The number of ether oxygens (including phenoxy) is 1. The van der Waals surface area contributed by atoms with Gasteiger partial charge in [0.15, 0.2) is 0 Å². The van der Waals surface area contributed by atoms with Crippen molar-refractivity contribution in [2.24, 2.45) is 5.73 Å². The van der Waals surface area contributed by atoms with E-state index in [2.05, 4.69) is 4.74 Å². The maximum Gasteiger partial charge on any atom is 0.393 e. The molecule has 1 rings (SSSR count). The predicted octanol–water partition coefficient (Wildman–Crippen LogP) is 1.96. The molecule has 1 unspecified atom stereocenters. The Labute approximate surface area is 96.4 Å². The van der Waals surface area contributed by atoms with Crippen molar-refractivity contribution >= 4 is 5.97 Å². The van der Waals surface area contributed by atoms with E-state index in [1.165, 1.54) is 31.4 Å². The van der Waals surface area contributed by atoms with Crippen LogP contribution in [-0.2, 0) is 16.0 Å². The summed E-state index contributed by atoms with van der Waals surface area (Å²) in [7, 11) is 1.19. The molecule has 0 bridgehead atoms. The number of methoxy groups -OCH3 is 1. The molecule has 0 amide bonds. The standard InChI is InChI=1S/C11H12F3NO2/c1-17-10(16)9(15)8-4-2-7(3-5-8)6-11(12,13)14/h2-5,9H,6,15H2,1H3. The highest BCUT2D eigenvalue weighted by atomic mass is 19.4. The predicted molar refractivity (Wildman–Crippen MR) is 55.1 cm³/mol. The van der Waals surface area contributed by atoms with Crippen molar-refractivity contribution in [2.45, 2.75) is 18.6 Å². The monoisotopic (exact) mass is 247 g/mol. The Hall–Kier alpha value is -1.56. The van der Waals surface area contributed by atoms with Crippen LogP contribution < -0.4 is 5.73 Å². The van der Waals surface area contributed by atoms with Crippen LogP contribution in [0, 0.1) is 0 Å². The average Bonchev–Trinajstić information content (AvgIpc) is 2.26. The fourth-order valence-corrected chi connectivity index (χ4v) is 1.34. The van der Waals surface area contributed by atoms with Crippen LogP contribution in [0.2, 0.25) is 0 Å². The topological polar surface area (TPSA) is 52.3 Å². The third-order valence-corrected chi connectivity index (χ3v) is 2.20. The van der Waals surface area contributed by atoms with Gasteiger partial charge in [-0.1, -0.05) is 24.3 Å². The summed E-state index contributed by atoms with van der Waals surface area (Å²) in [5.41, 5.74) is 6.07. The molecule has 0 aliphatic heterocycles. The van der Waals surface area contributed by atoms with Gasteiger partial charge < -0.3 is 10.5 Å². The number of esters is 1. The van der Waals surface area contributed by atoms with Crippen LogP contribution >= 0.6 is 0 Å². The molecule has 0 saturated heterocycles. The first kappa shape index (κ1) is 13.5. The van der Waals surface area contributed by atoms with E-state index in [-0.39, 0.29) is 5.56 Å². The van der Waals surface area contributed by atoms with E-state index >= 15 is 0 Å². The van der Waals surface area contributed by atoms with Gasteiger partial charge in [0, 0.05) is 0 Å². The highest BCUT2D eigenvalue weighted by Crippen LogP contribution is 2.22. The molecule has 0 saturated carbocycles. The lowest BCUT2D eigenvalue weighted by atomic mass is 10.0. The van der Waals surface area contributed by atoms with Crippen LogP contribution in [-0.4, -0.2) is 19.3 Å². The Balaban J connectivity index is 2.78. The van der Waals surface area contributed by atoms with Crippen molar-refractivity contribution in [1.29, 1.82) is 0 Å². The summed E-state index contributed by atoms with van der Waals surface area (Å²) in [5.74, 6) is -0.631. The maximum absolute atomic E-state index is 12.1. The molecule has 17 heavy (non-hydrogen) atoms. The molecule has 6 heteroatoms. The summed E-state index contributed by atoms with van der Waals surface area (Å²) in [4.78, 5) is 11.1. The summed E-state index contributed by atoms with van der Waals surface area (Å²) < 4.78 is 40.7. The molecule has 0 aromatic heterocycles. The summed E-state index contributed by atoms with van der Waals surface area (Å²) in [5, 5.41) is 0. The molecule has 1 atom stereocenters. The fraction of sp³-hybridized carbons (Fsp3) is 0.364. The van der Waals surface area contributed by atoms with Crippen LogP contribution in [0.1, 0.15) is 17.2 Å². The Bertz CT molecular complexity index is 387. The van der Waals surface area contributed by atoms with Crippen molar-refractivity contribution in [3.63, 3.8) is 0 Å². The molecule has 2 N–H and O–H groups in total. The third-order valence-electron chi connectivity index (χ3n) is 2.20. The molecular weight excluding hydrogens is 235 g/mol. The van der Waals surface area contributed by atoms with E-state index in [1.807, 2.05) is 0 Å². The van der Waals surface area contributed by atoms with Gasteiger partial charge in [0.2, 0.25) is 0 Å². The number of carbonyl (C=O) groups is 1. The number of halogens is 3. The van der Waals surface area contributed by atoms with Crippen LogP contribution in [0.4, 0.5) is 13.2 Å². The minimum absolute atomic E-state index is 0.123. The molecule has 0 spiro atoms. The molecule has 94 valence electrons. The lowest BCUT2D eigenvalue weighted by Gasteiger charge is -2.11. The molecule has 1 aromatic carbocycles. The second-order valence-electron chi connectivity index (χ2n) is 3.53. The molecule has 0 aliphatic carbocycles. The van der Waals surface area contributed by atoms with E-state index in [0.29, 0.717) is 5.56 Å². The summed E-state index contributed by atoms with van der Waals surface area (Å²) >= 11 is 0. The van der Waals surface area contributed by atoms with E-state index in [1.54, 1.807) is 0 Å². The average molecular weight is 247 g/mol. The van der Waals surface area contributed by atoms with Crippen molar-refractivity contribution in [2.75, 3.05) is 7.11 Å². The van der Waals surface area contributed by atoms with Gasteiger partial charge in [-0.05, 0) is 11.1 Å². The number of hydrogen-bond acceptors (Lipinski definition) is 3. The Morgan fingerprint density at radius 1 is 1.35 bits per heavy atom. The highest BCUT2D eigenvalue weighted by molar-refractivity contribution is 5.77. The van der Waals surface area contributed by atoms with Crippen LogP contribution in [0.25, 0.3) is 0 Å². The van der Waals surface area contributed by atoms with Crippen molar-refractivity contribution < 1.29 is 22.7 Å². The van der Waals surface area contributed by atoms with Crippen LogP contribution in [0.3, 0.4) is 0 Å². The first-order valence-corrected chi connectivity index (χ1v) is 4.82. The lowest BCUT2D eigenvalue weighted by molar-refractivity contribution is -0.142. The molecule has 0 heterocycles. The quantitative estimate of drug-likeness (QED) is 0.831. The highest BCUT2D eigenvalue weighted by Gasteiger charge is 2.27. The zero-order valence-corrected chi connectivity index (χ0v) is 9.12. The number of benzene rings is 1. The van der Waals surface area contributed by atoms with Gasteiger partial charge in [0.1, 0.15) is 6.04 Å². The maximum atomic E-state index is 12.1. The van der Waals surface area contributed by atoms with Crippen LogP contribution in [0.5, 0.6) is 0 Å². The Morgan fingerprint density at radius 3 is 2.29 bits per heavy atom. The molecular formula is C11H12F3NO2. The molecule has 0 fully saturated rings. The normalized spacial score (nSPS) is 13.2. The molecule has 0 aliphatic rings. The second kappa shape index (κ2) is 5.18. The number of alkyl halides is 3. The number of nitrogens with two attached hydrogens (primary N) is 1. The number of hydrogen-bond donors (Lipinski definition) is 1. The third kappa shape index (κ3) is 4.07. The summed E-state index contributed by atoms with van der Waals surface area (Å²) in [6.07, 6.45) is -5.24. The van der Waals surface area contributed by atoms with E-state index < -0.39 is 24.6 Å². The fourth-order valence-electron chi connectivity index (χ4n) is 1.34. The SMILES string of the molecule is COC(=O)C(N)c1ccc(CC(F)(F)F)cc1. The minimum atomic E-state index is -4.24. The van der Waals surface area contributed by atoms with Gasteiger partial charge in [0.25, 0.3) is 0 Å². The molecule has 0 radical (unpaired) electrons. The zero-order valence-electron chi connectivity index (χ0n) is 9.12. The first-order chi connectivity index (χ1) is 7.83. The van der Waals surface area contributed by atoms with Crippen molar-refractivity contribution in [1.82, 2.24) is 0 Å². The number of carbonyl (C=O) groups excluding carboxylic acids is 1. The van der Waals surface area contributed by atoms with Gasteiger partial charge in [-0.3, -0.25) is 4.79 Å². The van der Waals surface area contributed by atoms with Gasteiger partial charge in [0.05, 0.1) is 13.5 Å². The van der Waals surface area contributed by atoms with Crippen molar-refractivity contribution in [3.05, 3.63) is 35.4 Å². The molecule has 1 aromatic rings. The minimum Gasteiger partial charge on any atom is -0.468 e. The summed E-state index contributed by atoms with van der Waals surface area (Å²) in [6.45, 7) is 0. The lowest BCUT2D eigenvalue weighted by Crippen LogP contribution is -2.22. The van der Waals surface area contributed by atoms with E-state index in [4.69, 9.17) is 5.73 Å². The Morgan fingerprint density at radius 2 is 1.88 bits per heavy atom. The van der Waals surface area contributed by atoms with Gasteiger partial charge in [-0.2, -0.15) is 13.2 Å². The largest absolute Gasteiger partial charge is 0.468 e.